The summed E-state index contributed by atoms with van der Waals surface area (Å²) in [7, 11) is 0. The second kappa shape index (κ2) is 8.12. The Morgan fingerprint density at radius 1 is 1.38 bits per heavy atom. The van der Waals surface area contributed by atoms with Gasteiger partial charge in [0.2, 0.25) is 0 Å². The topological polar surface area (TPSA) is 114 Å². The van der Waals surface area contributed by atoms with Crippen LogP contribution in [-0.2, 0) is 23.2 Å². The number of hydrogen-bond acceptors (Lipinski definition) is 5. The lowest BCUT2D eigenvalue weighted by Gasteiger charge is -2.34. The monoisotopic (exact) mass is 417 g/mol. The van der Waals surface area contributed by atoms with Crippen molar-refractivity contribution in [2.24, 2.45) is 5.73 Å². The molecule has 0 aromatic carbocycles. The van der Waals surface area contributed by atoms with Crippen LogP contribution in [-0.4, -0.2) is 22.9 Å². The molecule has 0 saturated carbocycles. The molecule has 156 valence electrons. The normalized spacial score (nSPS) is 17.6. The quantitative estimate of drug-likeness (QED) is 0.669. The van der Waals surface area contributed by atoms with Crippen molar-refractivity contribution in [1.29, 1.82) is 0 Å². The molecule has 1 unspecified atom stereocenters. The molecule has 0 saturated heterocycles. The summed E-state index contributed by atoms with van der Waals surface area (Å²) in [5, 5.41) is 3.08. The van der Waals surface area contributed by atoms with Gasteiger partial charge in [-0.05, 0) is 51.3 Å². The number of ether oxygens (including phenoxy) is 1. The molecule has 1 atom stereocenters. The van der Waals surface area contributed by atoms with Gasteiger partial charge in [-0.2, -0.15) is 0 Å². The number of anilines is 1. The van der Waals surface area contributed by atoms with Crippen molar-refractivity contribution in [2.45, 2.75) is 65.1 Å². The molecular weight excluding hydrogens is 390 g/mol. The molecular formula is C21H27N3O4S. The van der Waals surface area contributed by atoms with E-state index in [1.165, 1.54) is 17.4 Å². The first kappa shape index (κ1) is 21.3. The number of nitrogens with one attached hydrogen (secondary N) is 2. The van der Waals surface area contributed by atoms with Gasteiger partial charge < -0.3 is 20.8 Å². The summed E-state index contributed by atoms with van der Waals surface area (Å²) in [5.41, 5.74) is 6.50. The summed E-state index contributed by atoms with van der Waals surface area (Å²) >= 11 is 1.27. The third-order valence-electron chi connectivity index (χ3n) is 5.03. The van der Waals surface area contributed by atoms with E-state index in [9.17, 15) is 14.4 Å². The zero-order chi connectivity index (χ0) is 21.3. The lowest BCUT2D eigenvalue weighted by atomic mass is 9.92. The molecule has 1 aliphatic rings. The summed E-state index contributed by atoms with van der Waals surface area (Å²) in [6.07, 6.45) is 3.19. The predicted molar refractivity (Wildman–Crippen MR) is 114 cm³/mol. The van der Waals surface area contributed by atoms with Crippen LogP contribution in [0.2, 0.25) is 0 Å². The highest BCUT2D eigenvalue weighted by Crippen LogP contribution is 2.45. The predicted octanol–water partition coefficient (Wildman–Crippen LogP) is 3.33. The number of aromatic nitrogens is 1. The minimum absolute atomic E-state index is 0.00378. The van der Waals surface area contributed by atoms with Crippen molar-refractivity contribution in [3.8, 4) is 0 Å². The zero-order valence-electron chi connectivity index (χ0n) is 17.2. The molecule has 2 aromatic rings. The van der Waals surface area contributed by atoms with E-state index < -0.39 is 23.0 Å². The van der Waals surface area contributed by atoms with Crippen LogP contribution in [0.5, 0.6) is 0 Å². The highest BCUT2D eigenvalue weighted by molar-refractivity contribution is 7.17. The number of carbonyl (C=O) groups excluding carboxylic acids is 2. The van der Waals surface area contributed by atoms with Gasteiger partial charge in [-0.25, -0.2) is 0 Å². The van der Waals surface area contributed by atoms with Crippen molar-refractivity contribution in [2.75, 3.05) is 5.32 Å². The van der Waals surface area contributed by atoms with E-state index in [-0.39, 0.29) is 11.7 Å². The first-order valence-electron chi connectivity index (χ1n) is 9.81. The van der Waals surface area contributed by atoms with E-state index in [2.05, 4.69) is 17.2 Å². The number of hydrogen-bond donors (Lipinski definition) is 3. The van der Waals surface area contributed by atoms with Crippen LogP contribution < -0.4 is 16.6 Å². The maximum Gasteiger partial charge on any atom is 0.261 e. The molecule has 0 radical (unpaired) electrons. The first-order chi connectivity index (χ1) is 13.6. The molecule has 3 rings (SSSR count). The number of thiophene rings is 1. The molecule has 2 aromatic heterocycles. The van der Waals surface area contributed by atoms with Crippen LogP contribution in [0.15, 0.2) is 16.9 Å². The second-order valence-corrected chi connectivity index (χ2v) is 8.93. The molecule has 2 amide bonds. The number of carbonyl (C=O) groups is 2. The van der Waals surface area contributed by atoms with Gasteiger partial charge in [-0.15, -0.1) is 11.3 Å². The van der Waals surface area contributed by atoms with E-state index in [1.807, 2.05) is 20.8 Å². The van der Waals surface area contributed by atoms with Gasteiger partial charge >= 0.3 is 0 Å². The molecule has 0 bridgehead atoms. The van der Waals surface area contributed by atoms with Crippen molar-refractivity contribution >= 4 is 28.2 Å². The highest BCUT2D eigenvalue weighted by atomic mass is 32.1. The number of H-pyrrole nitrogens is 1. The lowest BCUT2D eigenvalue weighted by molar-refractivity contribution is -0.0765. The fourth-order valence-corrected chi connectivity index (χ4v) is 5.03. The van der Waals surface area contributed by atoms with E-state index in [0.29, 0.717) is 17.0 Å². The van der Waals surface area contributed by atoms with Gasteiger partial charge in [0.05, 0.1) is 17.3 Å². The minimum atomic E-state index is -0.605. The highest BCUT2D eigenvalue weighted by Gasteiger charge is 2.38. The molecule has 0 aliphatic carbocycles. The number of fused-ring (bicyclic) bond motifs is 1. The second-order valence-electron chi connectivity index (χ2n) is 7.91. The molecule has 0 fully saturated rings. The number of rotatable bonds is 6. The SMILES string of the molecule is CCCCc1ccc(C(=O)Nc2sc3c(c2C(N)=O)CC(C)OC3(C)C)c(=O)[nH]1. The standard InChI is InChI=1S/C21H27N3O4S/c1-5-6-7-12-8-9-13(18(26)23-12)19(27)24-20-15(17(22)25)14-10-11(2)28-21(3,4)16(14)29-20/h8-9,11H,5-7,10H2,1-4H3,(H2,22,25)(H,23,26)(H,24,27). The number of amides is 2. The van der Waals surface area contributed by atoms with E-state index in [1.54, 1.807) is 6.07 Å². The van der Waals surface area contributed by atoms with Gasteiger partial charge in [-0.1, -0.05) is 13.3 Å². The molecule has 8 heteroatoms. The van der Waals surface area contributed by atoms with Crippen molar-refractivity contribution in [3.05, 3.63) is 49.7 Å². The largest absolute Gasteiger partial charge is 0.367 e. The molecule has 1 aliphatic heterocycles. The number of primary amides is 1. The Morgan fingerprint density at radius 2 is 2.10 bits per heavy atom. The van der Waals surface area contributed by atoms with Crippen LogP contribution >= 0.6 is 11.3 Å². The number of aryl methyl sites for hydroxylation is 1. The van der Waals surface area contributed by atoms with Crippen molar-refractivity contribution < 1.29 is 14.3 Å². The Morgan fingerprint density at radius 3 is 2.72 bits per heavy atom. The summed E-state index contributed by atoms with van der Waals surface area (Å²) in [4.78, 5) is 40.9. The Kier molecular flexibility index (Phi) is 5.95. The summed E-state index contributed by atoms with van der Waals surface area (Å²) in [6.45, 7) is 7.86. The number of pyridine rings is 1. The molecule has 3 heterocycles. The van der Waals surface area contributed by atoms with Crippen LogP contribution in [0.3, 0.4) is 0 Å². The van der Waals surface area contributed by atoms with Crippen LogP contribution in [0, 0.1) is 0 Å². The fraction of sp³-hybridized carbons (Fsp3) is 0.476. The third kappa shape index (κ3) is 4.28. The van der Waals surface area contributed by atoms with E-state index in [0.717, 1.165) is 35.4 Å². The summed E-state index contributed by atoms with van der Waals surface area (Å²) in [5.74, 6) is -1.17. The van der Waals surface area contributed by atoms with Gasteiger partial charge in [0, 0.05) is 17.0 Å². The van der Waals surface area contributed by atoms with Gasteiger partial charge in [-0.3, -0.25) is 14.4 Å². The Labute approximate surface area is 173 Å². The molecule has 0 spiro atoms. The Balaban J connectivity index is 1.94. The Bertz CT molecular complexity index is 1010. The van der Waals surface area contributed by atoms with Crippen LogP contribution in [0.25, 0.3) is 0 Å². The van der Waals surface area contributed by atoms with Gasteiger partial charge in [0.1, 0.15) is 10.6 Å². The van der Waals surface area contributed by atoms with Gasteiger partial charge in [0.15, 0.2) is 0 Å². The third-order valence-corrected chi connectivity index (χ3v) is 6.48. The maximum absolute atomic E-state index is 12.8. The lowest BCUT2D eigenvalue weighted by Crippen LogP contribution is -2.34. The van der Waals surface area contributed by atoms with E-state index in [4.69, 9.17) is 10.5 Å². The minimum Gasteiger partial charge on any atom is -0.367 e. The average molecular weight is 418 g/mol. The van der Waals surface area contributed by atoms with Crippen molar-refractivity contribution in [3.63, 3.8) is 0 Å². The molecule has 7 nitrogen and oxygen atoms in total. The Hall–Kier alpha value is -2.45. The number of unbranched alkanes of at least 4 members (excludes halogenated alkanes) is 1. The summed E-state index contributed by atoms with van der Waals surface area (Å²) < 4.78 is 5.99. The molecule has 29 heavy (non-hydrogen) atoms. The van der Waals surface area contributed by atoms with E-state index >= 15 is 0 Å². The maximum atomic E-state index is 12.8. The zero-order valence-corrected chi connectivity index (χ0v) is 18.0. The average Bonchev–Trinajstić information content (AvgIpc) is 2.98. The first-order valence-corrected chi connectivity index (χ1v) is 10.6. The van der Waals surface area contributed by atoms with Crippen LogP contribution in [0.1, 0.15) is 77.4 Å². The smallest absolute Gasteiger partial charge is 0.261 e. The van der Waals surface area contributed by atoms with Crippen LogP contribution in [0.4, 0.5) is 5.00 Å². The fourth-order valence-electron chi connectivity index (χ4n) is 3.76. The van der Waals surface area contributed by atoms with Gasteiger partial charge in [0.25, 0.3) is 17.4 Å². The number of aromatic amines is 1. The molecule has 4 N–H and O–H groups in total. The van der Waals surface area contributed by atoms with Crippen molar-refractivity contribution in [1.82, 2.24) is 4.98 Å². The number of nitrogens with two attached hydrogens (primary N) is 1. The summed E-state index contributed by atoms with van der Waals surface area (Å²) in [6, 6.07) is 3.27.